The molecule has 5 nitrogen and oxygen atoms in total. The number of ether oxygens (including phenoxy) is 2. The van der Waals surface area contributed by atoms with E-state index >= 15 is 0 Å². The molecule has 116 valence electrons. The first-order chi connectivity index (χ1) is 10.2. The first kappa shape index (κ1) is 17.1. The second-order valence-corrected chi connectivity index (χ2v) is 4.35. The Morgan fingerprint density at radius 2 is 2.24 bits per heavy atom. The van der Waals surface area contributed by atoms with E-state index < -0.39 is 5.82 Å². The van der Waals surface area contributed by atoms with Crippen LogP contribution in [0.4, 0.5) is 4.39 Å². The zero-order chi connectivity index (χ0) is 15.5. The standard InChI is InChI=1S/C15H21FN2O3/c1-3-4-18-15(19)11-21-14-8-12(7-13(16)9-14)10-17-5-6-20-2/h3,7-9,17H,1,4-6,10-11H2,2H3,(H,18,19). The van der Waals surface area contributed by atoms with E-state index in [2.05, 4.69) is 17.2 Å². The van der Waals surface area contributed by atoms with E-state index in [9.17, 15) is 9.18 Å². The topological polar surface area (TPSA) is 59.6 Å². The number of nitrogens with one attached hydrogen (secondary N) is 2. The molecule has 1 aromatic rings. The summed E-state index contributed by atoms with van der Waals surface area (Å²) in [7, 11) is 1.62. The fourth-order valence-electron chi connectivity index (χ4n) is 1.60. The summed E-state index contributed by atoms with van der Waals surface area (Å²) in [6.07, 6.45) is 1.57. The minimum Gasteiger partial charge on any atom is -0.484 e. The van der Waals surface area contributed by atoms with Gasteiger partial charge in [0, 0.05) is 32.8 Å². The summed E-state index contributed by atoms with van der Waals surface area (Å²) >= 11 is 0. The Hall–Kier alpha value is -1.92. The molecule has 0 atom stereocenters. The van der Waals surface area contributed by atoms with Gasteiger partial charge in [0.05, 0.1) is 6.61 Å². The predicted molar refractivity (Wildman–Crippen MR) is 78.7 cm³/mol. The minimum atomic E-state index is -0.400. The van der Waals surface area contributed by atoms with Crippen molar-refractivity contribution >= 4 is 5.91 Å². The van der Waals surface area contributed by atoms with E-state index in [0.29, 0.717) is 32.0 Å². The number of hydrogen-bond donors (Lipinski definition) is 2. The van der Waals surface area contributed by atoms with E-state index in [1.54, 1.807) is 19.3 Å². The van der Waals surface area contributed by atoms with Crippen molar-refractivity contribution in [2.24, 2.45) is 0 Å². The van der Waals surface area contributed by atoms with Gasteiger partial charge in [0.1, 0.15) is 11.6 Å². The lowest BCUT2D eigenvalue weighted by atomic mass is 10.2. The van der Waals surface area contributed by atoms with Gasteiger partial charge in [-0.15, -0.1) is 6.58 Å². The highest BCUT2D eigenvalue weighted by Crippen LogP contribution is 2.16. The van der Waals surface area contributed by atoms with Crippen molar-refractivity contribution in [1.82, 2.24) is 10.6 Å². The molecule has 0 radical (unpaired) electrons. The molecule has 1 aromatic carbocycles. The molecule has 0 saturated heterocycles. The van der Waals surface area contributed by atoms with Gasteiger partial charge in [0.15, 0.2) is 6.61 Å². The lowest BCUT2D eigenvalue weighted by Crippen LogP contribution is -2.28. The smallest absolute Gasteiger partial charge is 0.258 e. The van der Waals surface area contributed by atoms with Gasteiger partial charge < -0.3 is 20.1 Å². The molecule has 0 unspecified atom stereocenters. The molecule has 1 amide bonds. The van der Waals surface area contributed by atoms with Crippen molar-refractivity contribution in [1.29, 1.82) is 0 Å². The average molecular weight is 296 g/mol. The summed E-state index contributed by atoms with van der Waals surface area (Å²) in [6, 6.07) is 4.37. The Kier molecular flexibility index (Phi) is 8.08. The van der Waals surface area contributed by atoms with E-state index in [4.69, 9.17) is 9.47 Å². The molecule has 21 heavy (non-hydrogen) atoms. The maximum absolute atomic E-state index is 13.5. The second-order valence-electron chi connectivity index (χ2n) is 4.35. The van der Waals surface area contributed by atoms with Crippen LogP contribution in [0.5, 0.6) is 5.75 Å². The van der Waals surface area contributed by atoms with Crippen LogP contribution in [0.15, 0.2) is 30.9 Å². The van der Waals surface area contributed by atoms with Crippen molar-refractivity contribution in [3.05, 3.63) is 42.2 Å². The van der Waals surface area contributed by atoms with Crippen molar-refractivity contribution in [2.45, 2.75) is 6.54 Å². The fourth-order valence-corrected chi connectivity index (χ4v) is 1.60. The molecule has 0 aliphatic heterocycles. The summed E-state index contributed by atoms with van der Waals surface area (Å²) in [5.41, 5.74) is 0.743. The van der Waals surface area contributed by atoms with Gasteiger partial charge >= 0.3 is 0 Å². The second kappa shape index (κ2) is 9.90. The Morgan fingerprint density at radius 1 is 1.43 bits per heavy atom. The highest BCUT2D eigenvalue weighted by atomic mass is 19.1. The van der Waals surface area contributed by atoms with Crippen LogP contribution < -0.4 is 15.4 Å². The molecule has 0 aliphatic carbocycles. The number of halogens is 1. The summed E-state index contributed by atoms with van der Waals surface area (Å²) in [6.45, 7) is 5.47. The highest BCUT2D eigenvalue weighted by Gasteiger charge is 2.05. The largest absolute Gasteiger partial charge is 0.484 e. The molecule has 6 heteroatoms. The van der Waals surface area contributed by atoms with Gasteiger partial charge in [-0.3, -0.25) is 4.79 Å². The summed E-state index contributed by atoms with van der Waals surface area (Å²) in [4.78, 5) is 11.4. The first-order valence-electron chi connectivity index (χ1n) is 6.65. The fraction of sp³-hybridized carbons (Fsp3) is 0.400. The molecular weight excluding hydrogens is 275 g/mol. The predicted octanol–water partition coefficient (Wildman–Crippen LogP) is 1.24. The van der Waals surface area contributed by atoms with Gasteiger partial charge in [-0.25, -0.2) is 4.39 Å². The lowest BCUT2D eigenvalue weighted by Gasteiger charge is -2.09. The van der Waals surface area contributed by atoms with Crippen LogP contribution in [0.2, 0.25) is 0 Å². The van der Waals surface area contributed by atoms with Crippen LogP contribution >= 0.6 is 0 Å². The molecule has 0 heterocycles. The lowest BCUT2D eigenvalue weighted by molar-refractivity contribution is -0.122. The van der Waals surface area contributed by atoms with Crippen molar-refractivity contribution in [3.8, 4) is 5.75 Å². The molecule has 0 fully saturated rings. The Bertz CT molecular complexity index is 466. The van der Waals surface area contributed by atoms with Crippen molar-refractivity contribution in [3.63, 3.8) is 0 Å². The van der Waals surface area contributed by atoms with Gasteiger partial charge in [0.25, 0.3) is 5.91 Å². The molecule has 0 aromatic heterocycles. The molecule has 0 bridgehead atoms. The Morgan fingerprint density at radius 3 is 2.95 bits per heavy atom. The number of carbonyl (C=O) groups is 1. The molecule has 0 spiro atoms. The van der Waals surface area contributed by atoms with Gasteiger partial charge in [-0.2, -0.15) is 0 Å². The molecular formula is C15H21FN2O3. The SMILES string of the molecule is C=CCNC(=O)COc1cc(F)cc(CNCCOC)c1. The maximum Gasteiger partial charge on any atom is 0.258 e. The Balaban J connectivity index is 2.48. The van der Waals surface area contributed by atoms with Gasteiger partial charge in [-0.1, -0.05) is 6.08 Å². The monoisotopic (exact) mass is 296 g/mol. The third-order valence-corrected chi connectivity index (χ3v) is 2.56. The first-order valence-corrected chi connectivity index (χ1v) is 6.65. The van der Waals surface area contributed by atoms with Crippen LogP contribution in [0.25, 0.3) is 0 Å². The van der Waals surface area contributed by atoms with Crippen LogP contribution in [-0.4, -0.2) is 39.3 Å². The number of carbonyl (C=O) groups excluding carboxylic acids is 1. The van der Waals surface area contributed by atoms with E-state index in [-0.39, 0.29) is 12.5 Å². The third kappa shape index (κ3) is 7.43. The maximum atomic E-state index is 13.5. The highest BCUT2D eigenvalue weighted by molar-refractivity contribution is 5.77. The molecule has 0 saturated carbocycles. The van der Waals surface area contributed by atoms with E-state index in [1.165, 1.54) is 12.1 Å². The zero-order valence-corrected chi connectivity index (χ0v) is 12.2. The van der Waals surface area contributed by atoms with E-state index in [0.717, 1.165) is 5.56 Å². The number of amides is 1. The number of hydrogen-bond acceptors (Lipinski definition) is 4. The molecule has 2 N–H and O–H groups in total. The summed E-state index contributed by atoms with van der Waals surface area (Å²) in [5, 5.41) is 5.69. The van der Waals surface area contributed by atoms with Crippen LogP contribution in [-0.2, 0) is 16.1 Å². The zero-order valence-electron chi connectivity index (χ0n) is 12.2. The van der Waals surface area contributed by atoms with Gasteiger partial charge in [-0.05, 0) is 17.7 Å². The summed E-state index contributed by atoms with van der Waals surface area (Å²) < 4.78 is 23.7. The average Bonchev–Trinajstić information content (AvgIpc) is 2.47. The van der Waals surface area contributed by atoms with Crippen LogP contribution in [0, 0.1) is 5.82 Å². The normalized spacial score (nSPS) is 10.2. The number of benzene rings is 1. The van der Waals surface area contributed by atoms with Crippen molar-refractivity contribution < 1.29 is 18.7 Å². The third-order valence-electron chi connectivity index (χ3n) is 2.56. The number of methoxy groups -OCH3 is 1. The van der Waals surface area contributed by atoms with Gasteiger partial charge in [0.2, 0.25) is 0 Å². The van der Waals surface area contributed by atoms with Crippen LogP contribution in [0.1, 0.15) is 5.56 Å². The summed E-state index contributed by atoms with van der Waals surface area (Å²) in [5.74, 6) is -0.353. The molecule has 1 rings (SSSR count). The number of rotatable bonds is 10. The van der Waals surface area contributed by atoms with E-state index in [1.807, 2.05) is 0 Å². The minimum absolute atomic E-state index is 0.159. The molecule has 0 aliphatic rings. The van der Waals surface area contributed by atoms with Crippen molar-refractivity contribution in [2.75, 3.05) is 33.4 Å². The quantitative estimate of drug-likeness (QED) is 0.504. The Labute approximate surface area is 124 Å². The van der Waals surface area contributed by atoms with Crippen LogP contribution in [0.3, 0.4) is 0 Å².